The molecule has 4 nitrogen and oxygen atoms in total. The molecule has 1 aromatic heterocycles. The van der Waals surface area contributed by atoms with Crippen LogP contribution in [0.1, 0.15) is 18.5 Å². The SMILES string of the molecule is Cc1ccc(N[C@H]2CCCNC2)nn1.Cl. The van der Waals surface area contributed by atoms with E-state index in [2.05, 4.69) is 20.8 Å². The van der Waals surface area contributed by atoms with Crippen LogP contribution in [-0.2, 0) is 0 Å². The Labute approximate surface area is 96.3 Å². The van der Waals surface area contributed by atoms with E-state index in [0.717, 1.165) is 24.6 Å². The fraction of sp³-hybridized carbons (Fsp3) is 0.600. The molecule has 15 heavy (non-hydrogen) atoms. The summed E-state index contributed by atoms with van der Waals surface area (Å²) in [5.41, 5.74) is 0.956. The standard InChI is InChI=1S/C10H16N4.ClH/c1-8-4-5-10(14-13-8)12-9-3-2-6-11-7-9;/h4-5,9,11H,2-3,6-7H2,1H3,(H,12,14);1H/t9-;/m0./s1. The van der Waals surface area contributed by atoms with Gasteiger partial charge < -0.3 is 10.6 Å². The van der Waals surface area contributed by atoms with Gasteiger partial charge in [-0.15, -0.1) is 17.5 Å². The van der Waals surface area contributed by atoms with Crippen molar-refractivity contribution in [3.8, 4) is 0 Å². The van der Waals surface area contributed by atoms with Crippen LogP contribution < -0.4 is 10.6 Å². The van der Waals surface area contributed by atoms with Gasteiger partial charge in [0.2, 0.25) is 0 Å². The average molecular weight is 229 g/mol. The first kappa shape index (κ1) is 12.2. The Bertz CT molecular complexity index is 282. The van der Waals surface area contributed by atoms with Crippen LogP contribution in [0.25, 0.3) is 0 Å². The minimum Gasteiger partial charge on any atom is -0.365 e. The number of nitrogens with one attached hydrogen (secondary N) is 2. The summed E-state index contributed by atoms with van der Waals surface area (Å²) >= 11 is 0. The lowest BCUT2D eigenvalue weighted by Gasteiger charge is -2.23. The number of rotatable bonds is 2. The minimum atomic E-state index is 0. The largest absolute Gasteiger partial charge is 0.365 e. The molecule has 5 heteroatoms. The van der Waals surface area contributed by atoms with Gasteiger partial charge in [0.25, 0.3) is 0 Å². The number of aromatic nitrogens is 2. The van der Waals surface area contributed by atoms with Gasteiger partial charge in [0.05, 0.1) is 5.69 Å². The molecule has 0 saturated carbocycles. The number of nitrogens with zero attached hydrogens (tertiary/aromatic N) is 2. The van der Waals surface area contributed by atoms with Gasteiger partial charge in [-0.2, -0.15) is 5.10 Å². The van der Waals surface area contributed by atoms with Gasteiger partial charge in [0.15, 0.2) is 0 Å². The summed E-state index contributed by atoms with van der Waals surface area (Å²) in [5, 5.41) is 14.8. The highest BCUT2D eigenvalue weighted by atomic mass is 35.5. The van der Waals surface area contributed by atoms with E-state index in [0.29, 0.717) is 6.04 Å². The van der Waals surface area contributed by atoms with Gasteiger partial charge in [-0.3, -0.25) is 0 Å². The lowest BCUT2D eigenvalue weighted by atomic mass is 10.1. The molecule has 1 aliphatic rings. The molecule has 1 saturated heterocycles. The average Bonchev–Trinajstić information content (AvgIpc) is 2.23. The predicted octanol–water partition coefficient (Wildman–Crippen LogP) is 1.37. The molecule has 2 N–H and O–H groups in total. The monoisotopic (exact) mass is 228 g/mol. The Morgan fingerprint density at radius 3 is 2.87 bits per heavy atom. The van der Waals surface area contributed by atoms with Gasteiger partial charge >= 0.3 is 0 Å². The lowest BCUT2D eigenvalue weighted by Crippen LogP contribution is -2.38. The third-order valence-corrected chi connectivity index (χ3v) is 2.45. The van der Waals surface area contributed by atoms with Crippen molar-refractivity contribution in [1.29, 1.82) is 0 Å². The van der Waals surface area contributed by atoms with Crippen LogP contribution in [-0.4, -0.2) is 29.3 Å². The van der Waals surface area contributed by atoms with Gasteiger partial charge in [-0.1, -0.05) is 0 Å². The summed E-state index contributed by atoms with van der Waals surface area (Å²) < 4.78 is 0. The first-order chi connectivity index (χ1) is 6.84. The van der Waals surface area contributed by atoms with Crippen LogP contribution in [0, 0.1) is 6.92 Å². The zero-order valence-electron chi connectivity index (χ0n) is 8.86. The maximum Gasteiger partial charge on any atom is 0.148 e. The van der Waals surface area contributed by atoms with Gasteiger partial charge in [0.1, 0.15) is 5.82 Å². The maximum absolute atomic E-state index is 4.08. The molecule has 0 aliphatic carbocycles. The zero-order valence-corrected chi connectivity index (χ0v) is 9.68. The molecule has 0 amide bonds. The normalized spacial score (nSPS) is 20.5. The van der Waals surface area contributed by atoms with Crippen LogP contribution in [0.2, 0.25) is 0 Å². The molecule has 0 radical (unpaired) electrons. The second-order valence-corrected chi connectivity index (χ2v) is 3.75. The van der Waals surface area contributed by atoms with Crippen molar-refractivity contribution in [2.75, 3.05) is 18.4 Å². The number of anilines is 1. The number of aryl methyl sites for hydroxylation is 1. The van der Waals surface area contributed by atoms with Crippen LogP contribution in [0.4, 0.5) is 5.82 Å². The van der Waals surface area contributed by atoms with E-state index in [1.54, 1.807) is 0 Å². The molecule has 1 aromatic rings. The van der Waals surface area contributed by atoms with Crippen molar-refractivity contribution in [1.82, 2.24) is 15.5 Å². The third-order valence-electron chi connectivity index (χ3n) is 2.45. The molecular weight excluding hydrogens is 212 g/mol. The highest BCUT2D eigenvalue weighted by molar-refractivity contribution is 5.85. The van der Waals surface area contributed by atoms with E-state index in [9.17, 15) is 0 Å². The Hall–Kier alpha value is -0.870. The first-order valence-corrected chi connectivity index (χ1v) is 5.12. The third kappa shape index (κ3) is 3.64. The summed E-state index contributed by atoms with van der Waals surface area (Å²) in [6.07, 6.45) is 2.44. The fourth-order valence-electron chi connectivity index (χ4n) is 1.66. The van der Waals surface area contributed by atoms with Crippen molar-refractivity contribution in [2.45, 2.75) is 25.8 Å². The Balaban J connectivity index is 0.00000112. The highest BCUT2D eigenvalue weighted by Gasteiger charge is 2.12. The van der Waals surface area contributed by atoms with E-state index in [1.165, 1.54) is 12.8 Å². The second kappa shape index (κ2) is 5.88. The molecular formula is C10H17ClN4. The van der Waals surface area contributed by atoms with Crippen molar-refractivity contribution in [2.24, 2.45) is 0 Å². The highest BCUT2D eigenvalue weighted by Crippen LogP contribution is 2.08. The van der Waals surface area contributed by atoms with E-state index < -0.39 is 0 Å². The molecule has 2 rings (SSSR count). The second-order valence-electron chi connectivity index (χ2n) is 3.75. The number of piperidine rings is 1. The molecule has 2 heterocycles. The Morgan fingerprint density at radius 1 is 1.40 bits per heavy atom. The van der Waals surface area contributed by atoms with E-state index in [-0.39, 0.29) is 12.4 Å². The molecule has 0 aromatic carbocycles. The molecule has 1 fully saturated rings. The van der Waals surface area contributed by atoms with Crippen LogP contribution in [0.3, 0.4) is 0 Å². The molecule has 0 unspecified atom stereocenters. The van der Waals surface area contributed by atoms with Crippen LogP contribution >= 0.6 is 12.4 Å². The van der Waals surface area contributed by atoms with Gasteiger partial charge in [-0.25, -0.2) is 0 Å². The number of halogens is 1. The summed E-state index contributed by atoms with van der Waals surface area (Å²) in [6.45, 7) is 4.10. The minimum absolute atomic E-state index is 0. The first-order valence-electron chi connectivity index (χ1n) is 5.12. The van der Waals surface area contributed by atoms with Crippen molar-refractivity contribution >= 4 is 18.2 Å². The molecule has 0 bridgehead atoms. The quantitative estimate of drug-likeness (QED) is 0.803. The summed E-state index contributed by atoms with van der Waals surface area (Å²) in [7, 11) is 0. The fourth-order valence-corrected chi connectivity index (χ4v) is 1.66. The Morgan fingerprint density at radius 2 is 2.27 bits per heavy atom. The van der Waals surface area contributed by atoms with E-state index >= 15 is 0 Å². The summed E-state index contributed by atoms with van der Waals surface area (Å²) in [5.74, 6) is 0.879. The molecule has 1 aliphatic heterocycles. The zero-order chi connectivity index (χ0) is 9.80. The Kier molecular flexibility index (Phi) is 4.78. The van der Waals surface area contributed by atoms with Crippen molar-refractivity contribution in [3.05, 3.63) is 17.8 Å². The topological polar surface area (TPSA) is 49.8 Å². The lowest BCUT2D eigenvalue weighted by molar-refractivity contribution is 0.478. The van der Waals surface area contributed by atoms with Gasteiger partial charge in [0, 0.05) is 12.6 Å². The van der Waals surface area contributed by atoms with Crippen LogP contribution in [0.5, 0.6) is 0 Å². The van der Waals surface area contributed by atoms with E-state index in [1.807, 2.05) is 19.1 Å². The van der Waals surface area contributed by atoms with Gasteiger partial charge in [-0.05, 0) is 38.4 Å². The summed E-state index contributed by atoms with van der Waals surface area (Å²) in [4.78, 5) is 0. The number of hydrogen-bond acceptors (Lipinski definition) is 4. The molecule has 1 atom stereocenters. The summed E-state index contributed by atoms with van der Waals surface area (Å²) in [6, 6.07) is 4.46. The van der Waals surface area contributed by atoms with Crippen molar-refractivity contribution in [3.63, 3.8) is 0 Å². The maximum atomic E-state index is 4.08. The number of hydrogen-bond donors (Lipinski definition) is 2. The molecule has 0 spiro atoms. The van der Waals surface area contributed by atoms with Crippen molar-refractivity contribution < 1.29 is 0 Å². The predicted molar refractivity (Wildman–Crippen MR) is 63.5 cm³/mol. The van der Waals surface area contributed by atoms with Crippen LogP contribution in [0.15, 0.2) is 12.1 Å². The molecule has 84 valence electrons. The smallest absolute Gasteiger partial charge is 0.148 e. The van der Waals surface area contributed by atoms with E-state index in [4.69, 9.17) is 0 Å².